The molecule has 1 amide bonds. The molecule has 5 heteroatoms. The Kier molecular flexibility index (Phi) is 5.15. The summed E-state index contributed by atoms with van der Waals surface area (Å²) in [5.41, 5.74) is 9.58. The Balaban J connectivity index is 1.45. The molecule has 0 aromatic heterocycles. The third kappa shape index (κ3) is 4.09. The zero-order valence-corrected chi connectivity index (χ0v) is 15.4. The monoisotopic (exact) mass is 374 g/mol. The van der Waals surface area contributed by atoms with Crippen molar-refractivity contribution in [3.8, 4) is 11.5 Å². The highest BCUT2D eigenvalue weighted by Crippen LogP contribution is 2.30. The van der Waals surface area contributed by atoms with E-state index in [1.807, 2.05) is 54.6 Å². The van der Waals surface area contributed by atoms with E-state index in [0.717, 1.165) is 23.2 Å². The van der Waals surface area contributed by atoms with Gasteiger partial charge in [0.2, 0.25) is 0 Å². The Morgan fingerprint density at radius 2 is 1.79 bits per heavy atom. The highest BCUT2D eigenvalue weighted by molar-refractivity contribution is 5.95. The number of nitrogens with two attached hydrogens (primary N) is 1. The maximum Gasteiger partial charge on any atom is 0.265 e. The summed E-state index contributed by atoms with van der Waals surface area (Å²) in [6.45, 7) is 0.410. The number of nitrogen functional groups attached to an aromatic ring is 1. The van der Waals surface area contributed by atoms with Crippen molar-refractivity contribution < 1.29 is 14.3 Å². The molecule has 1 aliphatic heterocycles. The zero-order valence-electron chi connectivity index (χ0n) is 15.4. The zero-order chi connectivity index (χ0) is 19.3. The Bertz CT molecular complexity index is 973. The van der Waals surface area contributed by atoms with E-state index < -0.39 is 6.10 Å². The van der Waals surface area contributed by atoms with Crippen LogP contribution in [0.4, 0.5) is 11.4 Å². The normalized spacial score (nSPS) is 15.9. The van der Waals surface area contributed by atoms with Gasteiger partial charge in [-0.3, -0.25) is 4.79 Å². The fourth-order valence-electron chi connectivity index (χ4n) is 3.22. The Labute approximate surface area is 164 Å². The highest BCUT2D eigenvalue weighted by Gasteiger charge is 2.25. The number of nitrogens with one attached hydrogen (secondary N) is 1. The number of anilines is 2. The van der Waals surface area contributed by atoms with E-state index in [9.17, 15) is 4.79 Å². The smallest absolute Gasteiger partial charge is 0.265 e. The molecule has 0 bridgehead atoms. The first-order valence-corrected chi connectivity index (χ1v) is 9.31. The topological polar surface area (TPSA) is 73.6 Å². The Morgan fingerprint density at radius 3 is 2.64 bits per heavy atom. The van der Waals surface area contributed by atoms with Gasteiger partial charge in [-0.05, 0) is 42.2 Å². The van der Waals surface area contributed by atoms with Gasteiger partial charge in [-0.1, -0.05) is 48.5 Å². The number of hydrogen-bond acceptors (Lipinski definition) is 4. The van der Waals surface area contributed by atoms with Gasteiger partial charge in [0.25, 0.3) is 5.91 Å². The molecule has 0 aliphatic carbocycles. The maximum atomic E-state index is 12.6. The van der Waals surface area contributed by atoms with E-state index in [0.29, 0.717) is 30.2 Å². The molecule has 3 aromatic carbocycles. The maximum absolute atomic E-state index is 12.6. The number of para-hydroxylation sites is 1. The third-order valence-electron chi connectivity index (χ3n) is 4.74. The number of carbonyl (C=O) groups is 1. The lowest BCUT2D eigenvalue weighted by Crippen LogP contribution is -2.31. The number of ether oxygens (including phenoxy) is 2. The molecule has 142 valence electrons. The molecule has 3 N–H and O–H groups in total. The number of amides is 1. The van der Waals surface area contributed by atoms with Crippen molar-refractivity contribution in [1.82, 2.24) is 0 Å². The van der Waals surface area contributed by atoms with Crippen LogP contribution >= 0.6 is 0 Å². The van der Waals surface area contributed by atoms with Crippen LogP contribution in [0.5, 0.6) is 11.5 Å². The average molecular weight is 374 g/mol. The van der Waals surface area contributed by atoms with E-state index in [1.54, 1.807) is 18.2 Å². The van der Waals surface area contributed by atoms with Crippen LogP contribution in [-0.4, -0.2) is 12.0 Å². The minimum absolute atomic E-state index is 0.145. The lowest BCUT2D eigenvalue weighted by molar-refractivity contribution is -0.122. The fraction of sp³-hybridized carbons (Fsp3) is 0.174. The highest BCUT2D eigenvalue weighted by atomic mass is 16.5. The quantitative estimate of drug-likeness (QED) is 0.657. The Hall–Kier alpha value is -3.47. The number of hydrogen-bond donors (Lipinski definition) is 2. The summed E-state index contributed by atoms with van der Waals surface area (Å²) in [4.78, 5) is 12.6. The summed E-state index contributed by atoms with van der Waals surface area (Å²) in [6.07, 6.45) is 0.803. The molecule has 5 nitrogen and oxygen atoms in total. The molecule has 0 saturated carbocycles. The molecule has 0 radical (unpaired) electrons. The van der Waals surface area contributed by atoms with Crippen LogP contribution in [0.1, 0.15) is 17.5 Å². The average Bonchev–Trinajstić information content (AvgIpc) is 2.88. The van der Waals surface area contributed by atoms with Gasteiger partial charge in [-0.25, -0.2) is 0 Å². The van der Waals surface area contributed by atoms with Crippen LogP contribution in [-0.2, 0) is 17.8 Å². The minimum Gasteiger partial charge on any atom is -0.487 e. The van der Waals surface area contributed by atoms with Crippen LogP contribution in [0, 0.1) is 0 Å². The third-order valence-corrected chi connectivity index (χ3v) is 4.74. The van der Waals surface area contributed by atoms with Gasteiger partial charge in [-0.2, -0.15) is 0 Å². The molecule has 1 unspecified atom stereocenters. The van der Waals surface area contributed by atoms with Gasteiger partial charge in [0.15, 0.2) is 6.10 Å². The van der Waals surface area contributed by atoms with Gasteiger partial charge >= 0.3 is 0 Å². The van der Waals surface area contributed by atoms with Gasteiger partial charge in [0.1, 0.15) is 18.1 Å². The predicted octanol–water partition coefficient (Wildman–Crippen LogP) is 4.18. The van der Waals surface area contributed by atoms with Crippen LogP contribution in [0.3, 0.4) is 0 Å². The number of fused-ring (bicyclic) bond motifs is 1. The second-order valence-corrected chi connectivity index (χ2v) is 6.77. The first kappa shape index (κ1) is 17.9. The van der Waals surface area contributed by atoms with Gasteiger partial charge in [-0.15, -0.1) is 0 Å². The first-order chi connectivity index (χ1) is 13.7. The molecule has 1 heterocycles. The van der Waals surface area contributed by atoms with Crippen molar-refractivity contribution in [3.05, 3.63) is 83.9 Å². The second-order valence-electron chi connectivity index (χ2n) is 6.77. The summed E-state index contributed by atoms with van der Waals surface area (Å²) in [6, 6.07) is 22.9. The summed E-state index contributed by atoms with van der Waals surface area (Å²) in [7, 11) is 0. The summed E-state index contributed by atoms with van der Waals surface area (Å²) in [5.74, 6) is 0.954. The fourth-order valence-corrected chi connectivity index (χ4v) is 3.22. The van der Waals surface area contributed by atoms with Gasteiger partial charge in [0.05, 0.1) is 5.69 Å². The van der Waals surface area contributed by atoms with Crippen LogP contribution in [0.25, 0.3) is 0 Å². The summed E-state index contributed by atoms with van der Waals surface area (Å²) < 4.78 is 11.8. The van der Waals surface area contributed by atoms with Crippen molar-refractivity contribution in [2.75, 3.05) is 11.1 Å². The molecule has 28 heavy (non-hydrogen) atoms. The van der Waals surface area contributed by atoms with Gasteiger partial charge in [0, 0.05) is 11.8 Å². The van der Waals surface area contributed by atoms with Gasteiger partial charge < -0.3 is 20.5 Å². The van der Waals surface area contributed by atoms with Crippen LogP contribution in [0.15, 0.2) is 72.8 Å². The van der Waals surface area contributed by atoms with E-state index in [2.05, 4.69) is 5.32 Å². The summed E-state index contributed by atoms with van der Waals surface area (Å²) >= 11 is 0. The number of carbonyl (C=O) groups excluding carboxylic acids is 1. The van der Waals surface area contributed by atoms with Crippen molar-refractivity contribution in [2.24, 2.45) is 0 Å². The molecule has 4 rings (SSSR count). The van der Waals surface area contributed by atoms with Crippen molar-refractivity contribution >= 4 is 17.3 Å². The van der Waals surface area contributed by atoms with Crippen LogP contribution in [0.2, 0.25) is 0 Å². The number of aryl methyl sites for hydroxylation is 1. The van der Waals surface area contributed by atoms with Crippen molar-refractivity contribution in [3.63, 3.8) is 0 Å². The lowest BCUT2D eigenvalue weighted by Gasteiger charge is -2.17. The number of rotatable bonds is 5. The van der Waals surface area contributed by atoms with E-state index in [-0.39, 0.29) is 5.91 Å². The molecule has 0 saturated heterocycles. The largest absolute Gasteiger partial charge is 0.487 e. The van der Waals surface area contributed by atoms with E-state index in [4.69, 9.17) is 15.2 Å². The Morgan fingerprint density at radius 1 is 1.00 bits per heavy atom. The van der Waals surface area contributed by atoms with Crippen molar-refractivity contribution in [1.29, 1.82) is 0 Å². The summed E-state index contributed by atoms with van der Waals surface area (Å²) in [5, 5.41) is 2.95. The molecule has 0 fully saturated rings. The van der Waals surface area contributed by atoms with Crippen molar-refractivity contribution in [2.45, 2.75) is 25.6 Å². The molecule has 0 spiro atoms. The molecular formula is C23H22N2O3. The first-order valence-electron chi connectivity index (χ1n) is 9.31. The molecular weight excluding hydrogens is 352 g/mol. The standard InChI is InChI=1S/C23H22N2O3/c24-19-12-11-18(14-22(19)27-15-16-6-2-1-3-7-16)28-21-13-10-17-8-4-5-9-20(17)25-23(21)26/h1-9,11-12,14,21H,10,13,15,24H2,(H,25,26). The molecule has 1 atom stereocenters. The minimum atomic E-state index is -0.571. The lowest BCUT2D eigenvalue weighted by atomic mass is 10.1. The predicted molar refractivity (Wildman–Crippen MR) is 109 cm³/mol. The van der Waals surface area contributed by atoms with Crippen LogP contribution < -0.4 is 20.5 Å². The molecule has 1 aliphatic rings. The van der Waals surface area contributed by atoms with E-state index in [1.165, 1.54) is 0 Å². The molecule has 3 aromatic rings. The van der Waals surface area contributed by atoms with E-state index >= 15 is 0 Å². The second kappa shape index (κ2) is 8.05. The number of benzene rings is 3. The SMILES string of the molecule is Nc1ccc(OC2CCc3ccccc3NC2=O)cc1OCc1ccccc1.